The Balaban J connectivity index is 1.87. The quantitative estimate of drug-likeness (QED) is 0.655. The highest BCUT2D eigenvalue weighted by Gasteiger charge is 2.52. The summed E-state index contributed by atoms with van der Waals surface area (Å²) in [6, 6.07) is 5.34. The summed E-state index contributed by atoms with van der Waals surface area (Å²) in [5.41, 5.74) is -1.58. The predicted octanol–water partition coefficient (Wildman–Crippen LogP) is 4.15. The van der Waals surface area contributed by atoms with E-state index in [1.807, 2.05) is 30.6 Å². The highest BCUT2D eigenvalue weighted by Crippen LogP contribution is 2.47. The van der Waals surface area contributed by atoms with Crippen molar-refractivity contribution in [2.24, 2.45) is 16.7 Å². The maximum Gasteiger partial charge on any atom is 0.417 e. The highest BCUT2D eigenvalue weighted by atomic mass is 19.4. The number of amides is 2. The molecule has 2 fully saturated rings. The smallest absolute Gasteiger partial charge is 0.370 e. The molecule has 0 aliphatic carbocycles. The van der Waals surface area contributed by atoms with Crippen molar-refractivity contribution in [3.63, 3.8) is 0 Å². The normalized spacial score (nSPS) is 20.4. The van der Waals surface area contributed by atoms with Crippen LogP contribution in [-0.4, -0.2) is 61.9 Å². The average Bonchev–Trinajstić information content (AvgIpc) is 3.09. The zero-order valence-corrected chi connectivity index (χ0v) is 20.5. The Labute approximate surface area is 199 Å². The van der Waals surface area contributed by atoms with E-state index in [1.54, 1.807) is 20.2 Å². The standard InChI is InChI=1S/C25H33F3N4O2/c1-23(2,3)13-21(33)31-10-8-24(9-11-31)16-32(15-20(24)22(34)30(4)5)18-7-6-17(14-29)19(12-18)25(26,27)28/h6-7,12,20H,8-11,13,15-16H2,1-5H3. The van der Waals surface area contributed by atoms with Gasteiger partial charge in [-0.1, -0.05) is 20.8 Å². The van der Waals surface area contributed by atoms with Gasteiger partial charge in [0.15, 0.2) is 0 Å². The molecule has 1 spiro atoms. The Morgan fingerprint density at radius 1 is 1.18 bits per heavy atom. The minimum absolute atomic E-state index is 0.0540. The van der Waals surface area contributed by atoms with Gasteiger partial charge in [-0.05, 0) is 36.5 Å². The first-order valence-electron chi connectivity index (χ1n) is 11.5. The van der Waals surface area contributed by atoms with Crippen LogP contribution in [0.25, 0.3) is 0 Å². The third-order valence-corrected chi connectivity index (χ3v) is 6.97. The fourth-order valence-electron chi connectivity index (χ4n) is 5.15. The third kappa shape index (κ3) is 5.31. The van der Waals surface area contributed by atoms with E-state index in [0.29, 0.717) is 51.1 Å². The first kappa shape index (κ1) is 25.9. The second kappa shape index (κ2) is 9.12. The topological polar surface area (TPSA) is 67.7 Å². The number of hydrogen-bond acceptors (Lipinski definition) is 4. The second-order valence-electron chi connectivity index (χ2n) is 11.0. The average molecular weight is 479 g/mol. The monoisotopic (exact) mass is 478 g/mol. The van der Waals surface area contributed by atoms with Gasteiger partial charge in [0.05, 0.1) is 23.1 Å². The van der Waals surface area contributed by atoms with Crippen molar-refractivity contribution in [2.45, 2.75) is 46.2 Å². The molecule has 2 saturated heterocycles. The Kier molecular flexibility index (Phi) is 6.94. The SMILES string of the molecule is CN(C)C(=O)C1CN(c2ccc(C#N)c(C(F)(F)F)c2)CC12CCN(C(=O)CC(C)(C)C)CC2. The molecule has 0 N–H and O–H groups in total. The van der Waals surface area contributed by atoms with Gasteiger partial charge in [0.25, 0.3) is 0 Å². The summed E-state index contributed by atoms with van der Waals surface area (Å²) in [6.45, 7) is 7.84. The van der Waals surface area contributed by atoms with Gasteiger partial charge in [-0.3, -0.25) is 9.59 Å². The summed E-state index contributed by atoms with van der Waals surface area (Å²) in [5.74, 6) is -0.344. The van der Waals surface area contributed by atoms with E-state index in [4.69, 9.17) is 5.26 Å². The molecule has 186 valence electrons. The number of nitrogens with zero attached hydrogens (tertiary/aromatic N) is 4. The number of alkyl halides is 3. The predicted molar refractivity (Wildman–Crippen MR) is 123 cm³/mol. The van der Waals surface area contributed by atoms with Crippen molar-refractivity contribution in [3.05, 3.63) is 29.3 Å². The van der Waals surface area contributed by atoms with Crippen LogP contribution in [0.2, 0.25) is 0 Å². The number of anilines is 1. The van der Waals surface area contributed by atoms with Crippen LogP contribution >= 0.6 is 0 Å². The van der Waals surface area contributed by atoms with Gasteiger partial charge in [-0.25, -0.2) is 0 Å². The number of likely N-dealkylation sites (tertiary alicyclic amines) is 1. The zero-order chi connectivity index (χ0) is 25.5. The van der Waals surface area contributed by atoms with Gasteiger partial charge in [0.2, 0.25) is 11.8 Å². The number of piperidine rings is 1. The van der Waals surface area contributed by atoms with Crippen LogP contribution in [0.4, 0.5) is 18.9 Å². The molecule has 0 saturated carbocycles. The van der Waals surface area contributed by atoms with E-state index < -0.39 is 22.7 Å². The van der Waals surface area contributed by atoms with E-state index in [1.165, 1.54) is 17.0 Å². The van der Waals surface area contributed by atoms with Crippen LogP contribution in [0.5, 0.6) is 0 Å². The molecule has 2 heterocycles. The maximum atomic E-state index is 13.5. The molecule has 2 aliphatic heterocycles. The molecular formula is C25H33F3N4O2. The molecule has 1 atom stereocenters. The summed E-state index contributed by atoms with van der Waals surface area (Å²) in [7, 11) is 3.37. The van der Waals surface area contributed by atoms with Crippen molar-refractivity contribution in [3.8, 4) is 6.07 Å². The molecule has 1 aromatic rings. The van der Waals surface area contributed by atoms with Gasteiger partial charge >= 0.3 is 6.18 Å². The van der Waals surface area contributed by atoms with Crippen molar-refractivity contribution in [2.75, 3.05) is 45.2 Å². The Hall–Kier alpha value is -2.76. The maximum absolute atomic E-state index is 13.5. The lowest BCUT2D eigenvalue weighted by Crippen LogP contribution is -2.50. The van der Waals surface area contributed by atoms with Crippen molar-refractivity contribution < 1.29 is 22.8 Å². The van der Waals surface area contributed by atoms with Crippen molar-refractivity contribution in [1.29, 1.82) is 5.26 Å². The minimum atomic E-state index is -4.64. The molecule has 1 unspecified atom stereocenters. The first-order chi connectivity index (χ1) is 15.7. The Bertz CT molecular complexity index is 983. The summed E-state index contributed by atoms with van der Waals surface area (Å²) in [5, 5.41) is 9.11. The van der Waals surface area contributed by atoms with Gasteiger partial charge < -0.3 is 14.7 Å². The molecular weight excluding hydrogens is 445 g/mol. The molecule has 1 aromatic carbocycles. The van der Waals surface area contributed by atoms with Gasteiger partial charge in [0.1, 0.15) is 0 Å². The van der Waals surface area contributed by atoms with E-state index in [0.717, 1.165) is 6.07 Å². The van der Waals surface area contributed by atoms with Crippen LogP contribution in [0, 0.1) is 28.1 Å². The highest BCUT2D eigenvalue weighted by molar-refractivity contribution is 5.81. The largest absolute Gasteiger partial charge is 0.417 e. The first-order valence-corrected chi connectivity index (χ1v) is 11.5. The van der Waals surface area contributed by atoms with Crippen LogP contribution in [0.15, 0.2) is 18.2 Å². The summed E-state index contributed by atoms with van der Waals surface area (Å²) < 4.78 is 40.6. The molecule has 9 heteroatoms. The van der Waals surface area contributed by atoms with E-state index in [-0.39, 0.29) is 23.1 Å². The number of hydrogen-bond donors (Lipinski definition) is 0. The molecule has 2 amide bonds. The van der Waals surface area contributed by atoms with Gasteiger partial charge in [-0.15, -0.1) is 0 Å². The number of nitriles is 1. The van der Waals surface area contributed by atoms with Crippen LogP contribution in [0.1, 0.15) is 51.2 Å². The van der Waals surface area contributed by atoms with E-state index >= 15 is 0 Å². The Morgan fingerprint density at radius 3 is 2.29 bits per heavy atom. The number of benzene rings is 1. The van der Waals surface area contributed by atoms with Crippen molar-refractivity contribution in [1.82, 2.24) is 9.80 Å². The number of carbonyl (C=O) groups is 2. The van der Waals surface area contributed by atoms with Crippen LogP contribution in [0.3, 0.4) is 0 Å². The number of carbonyl (C=O) groups excluding carboxylic acids is 2. The minimum Gasteiger partial charge on any atom is -0.370 e. The van der Waals surface area contributed by atoms with Gasteiger partial charge in [-0.2, -0.15) is 18.4 Å². The molecule has 3 rings (SSSR count). The molecule has 2 aliphatic rings. The van der Waals surface area contributed by atoms with Crippen LogP contribution < -0.4 is 4.90 Å². The molecule has 34 heavy (non-hydrogen) atoms. The molecule has 0 radical (unpaired) electrons. The summed E-state index contributed by atoms with van der Waals surface area (Å²) in [6.07, 6.45) is -2.97. The van der Waals surface area contributed by atoms with Crippen LogP contribution in [-0.2, 0) is 15.8 Å². The zero-order valence-electron chi connectivity index (χ0n) is 20.5. The van der Waals surface area contributed by atoms with E-state index in [2.05, 4.69) is 0 Å². The third-order valence-electron chi connectivity index (χ3n) is 6.97. The van der Waals surface area contributed by atoms with Crippen molar-refractivity contribution >= 4 is 17.5 Å². The lowest BCUT2D eigenvalue weighted by Gasteiger charge is -2.43. The van der Waals surface area contributed by atoms with E-state index in [9.17, 15) is 22.8 Å². The summed E-state index contributed by atoms with van der Waals surface area (Å²) >= 11 is 0. The number of rotatable bonds is 3. The summed E-state index contributed by atoms with van der Waals surface area (Å²) in [4.78, 5) is 31.1. The lowest BCUT2D eigenvalue weighted by atomic mass is 9.70. The Morgan fingerprint density at radius 2 is 1.79 bits per heavy atom. The molecule has 0 bridgehead atoms. The molecule has 6 nitrogen and oxygen atoms in total. The van der Waals surface area contributed by atoms with Gasteiger partial charge in [0, 0.05) is 57.8 Å². The lowest BCUT2D eigenvalue weighted by molar-refractivity contribution is -0.140. The second-order valence-corrected chi connectivity index (χ2v) is 11.0. The fourth-order valence-corrected chi connectivity index (χ4v) is 5.15. The molecule has 0 aromatic heterocycles. The number of halogens is 3. The fraction of sp³-hybridized carbons (Fsp3) is 0.640.